The third-order valence-corrected chi connectivity index (χ3v) is 4.11. The molecule has 0 saturated heterocycles. The second kappa shape index (κ2) is 20.1. The van der Waals surface area contributed by atoms with Crippen LogP contribution in [0.4, 0.5) is 0 Å². The van der Waals surface area contributed by atoms with Crippen LogP contribution in [-0.2, 0) is 10.4 Å². The summed E-state index contributed by atoms with van der Waals surface area (Å²) in [6, 6.07) is 0. The molecule has 0 aromatic rings. The Morgan fingerprint density at radius 2 is 1.08 bits per heavy atom. The van der Waals surface area contributed by atoms with Gasteiger partial charge in [-0.3, -0.25) is 9.11 Å². The lowest BCUT2D eigenvalue weighted by atomic mass is 10.1. The second-order valence-corrected chi connectivity index (χ2v) is 8.17. The van der Waals surface area contributed by atoms with Crippen molar-refractivity contribution in [3.63, 3.8) is 0 Å². The van der Waals surface area contributed by atoms with Gasteiger partial charge in [0, 0.05) is 0 Å². The smallest absolute Gasteiger partial charge is 0.317 e. The SMILES string of the molecule is CCCCCCCCCCCCCCNCCC(C)C.O=S(=O)(O)O. The van der Waals surface area contributed by atoms with Gasteiger partial charge in [0.15, 0.2) is 0 Å². The molecule has 0 aliphatic heterocycles. The first-order chi connectivity index (χ1) is 11.8. The van der Waals surface area contributed by atoms with Crippen LogP contribution in [0.15, 0.2) is 0 Å². The fourth-order valence-corrected chi connectivity index (χ4v) is 2.61. The lowest BCUT2D eigenvalue weighted by Gasteiger charge is -2.06. The highest BCUT2D eigenvalue weighted by atomic mass is 32.3. The summed E-state index contributed by atoms with van der Waals surface area (Å²) in [5.41, 5.74) is 0. The summed E-state index contributed by atoms with van der Waals surface area (Å²) < 4.78 is 31.6. The summed E-state index contributed by atoms with van der Waals surface area (Å²) in [6.07, 6.45) is 18.6. The predicted octanol–water partition coefficient (Wildman–Crippen LogP) is 5.67. The summed E-state index contributed by atoms with van der Waals surface area (Å²) in [5.74, 6) is 0.837. The van der Waals surface area contributed by atoms with Crippen molar-refractivity contribution in [2.75, 3.05) is 13.1 Å². The maximum Gasteiger partial charge on any atom is 0.394 e. The monoisotopic (exact) mass is 381 g/mol. The molecule has 5 nitrogen and oxygen atoms in total. The first-order valence-electron chi connectivity index (χ1n) is 10.2. The summed E-state index contributed by atoms with van der Waals surface area (Å²) >= 11 is 0. The average molecular weight is 382 g/mol. The minimum absolute atomic E-state index is 0.837. The summed E-state index contributed by atoms with van der Waals surface area (Å²) in [7, 11) is -4.67. The van der Waals surface area contributed by atoms with Gasteiger partial charge in [-0.2, -0.15) is 8.42 Å². The van der Waals surface area contributed by atoms with E-state index in [4.69, 9.17) is 17.5 Å². The third kappa shape index (κ3) is 40.1. The molecule has 0 aliphatic rings. The van der Waals surface area contributed by atoms with Crippen LogP contribution in [0, 0.1) is 5.92 Å². The Labute approximate surface area is 156 Å². The molecule has 0 radical (unpaired) electrons. The van der Waals surface area contributed by atoms with Crippen LogP contribution in [0.5, 0.6) is 0 Å². The van der Waals surface area contributed by atoms with Gasteiger partial charge >= 0.3 is 10.4 Å². The summed E-state index contributed by atoms with van der Waals surface area (Å²) in [6.45, 7) is 9.32. The van der Waals surface area contributed by atoms with Crippen molar-refractivity contribution in [1.29, 1.82) is 0 Å². The topological polar surface area (TPSA) is 86.6 Å². The number of nitrogens with one attached hydrogen (secondary N) is 1. The van der Waals surface area contributed by atoms with Crippen molar-refractivity contribution < 1.29 is 17.5 Å². The fraction of sp³-hybridized carbons (Fsp3) is 1.00. The van der Waals surface area contributed by atoms with Gasteiger partial charge in [0.1, 0.15) is 0 Å². The molecular formula is C19H43NO4S. The van der Waals surface area contributed by atoms with Crippen molar-refractivity contribution in [2.45, 2.75) is 104 Å². The Kier molecular flexibility index (Phi) is 21.8. The fourth-order valence-electron chi connectivity index (χ4n) is 2.61. The Hall–Kier alpha value is -0.170. The molecule has 0 aromatic heterocycles. The van der Waals surface area contributed by atoms with Gasteiger partial charge in [0.05, 0.1) is 0 Å². The maximum atomic E-state index is 8.74. The third-order valence-electron chi connectivity index (χ3n) is 4.11. The zero-order chi connectivity index (χ0) is 19.4. The van der Waals surface area contributed by atoms with E-state index in [2.05, 4.69) is 26.1 Å². The van der Waals surface area contributed by atoms with E-state index in [0.717, 1.165) is 5.92 Å². The number of rotatable bonds is 16. The summed E-state index contributed by atoms with van der Waals surface area (Å²) in [5, 5.41) is 3.55. The van der Waals surface area contributed by atoms with E-state index in [1.165, 1.54) is 96.6 Å². The maximum absolute atomic E-state index is 8.74. The van der Waals surface area contributed by atoms with Gasteiger partial charge in [0.2, 0.25) is 0 Å². The number of unbranched alkanes of at least 4 members (excludes halogenated alkanes) is 11. The van der Waals surface area contributed by atoms with Crippen LogP contribution in [-0.4, -0.2) is 30.6 Å². The Balaban J connectivity index is 0. The predicted molar refractivity (Wildman–Crippen MR) is 108 cm³/mol. The molecule has 0 bridgehead atoms. The molecule has 0 unspecified atom stereocenters. The van der Waals surface area contributed by atoms with Gasteiger partial charge in [-0.05, 0) is 31.8 Å². The molecule has 0 rings (SSSR count). The zero-order valence-electron chi connectivity index (χ0n) is 16.8. The van der Waals surface area contributed by atoms with Gasteiger partial charge in [0.25, 0.3) is 0 Å². The molecule has 0 spiro atoms. The van der Waals surface area contributed by atoms with Crippen LogP contribution < -0.4 is 5.32 Å². The molecule has 0 atom stereocenters. The summed E-state index contributed by atoms with van der Waals surface area (Å²) in [4.78, 5) is 0. The Bertz CT molecular complexity index is 337. The van der Waals surface area contributed by atoms with E-state index in [-0.39, 0.29) is 0 Å². The van der Waals surface area contributed by atoms with E-state index in [1.54, 1.807) is 0 Å². The van der Waals surface area contributed by atoms with Crippen LogP contribution >= 0.6 is 0 Å². The second-order valence-electron chi connectivity index (χ2n) is 7.27. The minimum Gasteiger partial charge on any atom is -0.317 e. The van der Waals surface area contributed by atoms with E-state index in [0.29, 0.717) is 0 Å². The largest absolute Gasteiger partial charge is 0.394 e. The zero-order valence-corrected chi connectivity index (χ0v) is 17.6. The lowest BCUT2D eigenvalue weighted by molar-refractivity contribution is 0.381. The van der Waals surface area contributed by atoms with Crippen molar-refractivity contribution in [3.05, 3.63) is 0 Å². The van der Waals surface area contributed by atoms with E-state index >= 15 is 0 Å². The van der Waals surface area contributed by atoms with Crippen molar-refractivity contribution in [2.24, 2.45) is 5.92 Å². The normalized spacial score (nSPS) is 11.4. The molecule has 0 fully saturated rings. The van der Waals surface area contributed by atoms with Gasteiger partial charge in [-0.25, -0.2) is 0 Å². The molecular weight excluding hydrogens is 338 g/mol. The molecule has 0 heterocycles. The van der Waals surface area contributed by atoms with Crippen LogP contribution in [0.3, 0.4) is 0 Å². The lowest BCUT2D eigenvalue weighted by Crippen LogP contribution is -2.17. The highest BCUT2D eigenvalue weighted by Crippen LogP contribution is 2.11. The number of hydrogen-bond acceptors (Lipinski definition) is 3. The molecule has 0 aliphatic carbocycles. The molecule has 0 aromatic carbocycles. The van der Waals surface area contributed by atoms with E-state index in [1.807, 2.05) is 0 Å². The molecule has 6 heteroatoms. The van der Waals surface area contributed by atoms with Gasteiger partial charge in [-0.15, -0.1) is 0 Å². The molecule has 154 valence electrons. The Morgan fingerprint density at radius 3 is 1.44 bits per heavy atom. The quantitative estimate of drug-likeness (QED) is 0.237. The van der Waals surface area contributed by atoms with Gasteiger partial charge < -0.3 is 5.32 Å². The highest BCUT2D eigenvalue weighted by molar-refractivity contribution is 7.79. The van der Waals surface area contributed by atoms with Crippen molar-refractivity contribution in [1.82, 2.24) is 5.32 Å². The highest BCUT2D eigenvalue weighted by Gasteiger charge is 1.95. The van der Waals surface area contributed by atoms with E-state index in [9.17, 15) is 0 Å². The van der Waals surface area contributed by atoms with E-state index < -0.39 is 10.4 Å². The van der Waals surface area contributed by atoms with Crippen LogP contribution in [0.25, 0.3) is 0 Å². The first kappa shape index (κ1) is 27.1. The number of hydrogen-bond donors (Lipinski definition) is 3. The first-order valence-corrected chi connectivity index (χ1v) is 11.6. The molecule has 3 N–H and O–H groups in total. The van der Waals surface area contributed by atoms with Crippen LogP contribution in [0.1, 0.15) is 104 Å². The standard InChI is InChI=1S/C19H41N.H2O4S/c1-4-5-6-7-8-9-10-11-12-13-14-15-17-20-18-16-19(2)3;1-5(2,3)4/h19-20H,4-18H2,1-3H3;(H2,1,2,3,4). The van der Waals surface area contributed by atoms with Crippen molar-refractivity contribution in [3.8, 4) is 0 Å². The average Bonchev–Trinajstić information content (AvgIpc) is 2.49. The Morgan fingerprint density at radius 1 is 0.720 bits per heavy atom. The molecule has 0 amide bonds. The van der Waals surface area contributed by atoms with Gasteiger partial charge in [-0.1, -0.05) is 91.4 Å². The minimum atomic E-state index is -4.67. The van der Waals surface area contributed by atoms with Crippen molar-refractivity contribution >= 4 is 10.4 Å². The molecule has 25 heavy (non-hydrogen) atoms. The van der Waals surface area contributed by atoms with Crippen LogP contribution in [0.2, 0.25) is 0 Å². The molecule has 0 saturated carbocycles.